The molecule has 30 heavy (non-hydrogen) atoms. The lowest BCUT2D eigenvalue weighted by molar-refractivity contribution is 0.0551. The van der Waals surface area contributed by atoms with E-state index in [0.717, 1.165) is 11.1 Å². The minimum atomic E-state index is -0.858. The van der Waals surface area contributed by atoms with Crippen molar-refractivity contribution in [2.45, 2.75) is 13.5 Å². The third-order valence-electron chi connectivity index (χ3n) is 4.42. The minimum Gasteiger partial charge on any atom is -0.465 e. The number of hydrogen-bond acceptors (Lipinski definition) is 6. The van der Waals surface area contributed by atoms with E-state index in [1.807, 2.05) is 49.4 Å². The summed E-state index contributed by atoms with van der Waals surface area (Å²) in [6.45, 7) is 2.09. The number of carbonyl (C=O) groups is 3. The van der Waals surface area contributed by atoms with Crippen molar-refractivity contribution >= 4 is 23.5 Å². The number of nitrogens with zero attached hydrogens (tertiary/aromatic N) is 2. The Balaban J connectivity index is 2.11. The molecule has 0 unspecified atom stereocenters. The van der Waals surface area contributed by atoms with E-state index >= 15 is 0 Å². The summed E-state index contributed by atoms with van der Waals surface area (Å²) >= 11 is 0. The lowest BCUT2D eigenvalue weighted by Crippen LogP contribution is -2.22. The predicted molar refractivity (Wildman–Crippen MR) is 110 cm³/mol. The maximum atomic E-state index is 13.1. The molecule has 0 spiro atoms. The monoisotopic (exact) mass is 407 g/mol. The molecular weight excluding hydrogens is 386 g/mol. The smallest absolute Gasteiger partial charge is 0.359 e. The van der Waals surface area contributed by atoms with Gasteiger partial charge in [0.15, 0.2) is 5.69 Å². The van der Waals surface area contributed by atoms with Crippen molar-refractivity contribution in [3.05, 3.63) is 82.7 Å². The lowest BCUT2D eigenvalue weighted by Gasteiger charge is -2.10. The third kappa shape index (κ3) is 4.38. The number of carbonyl (C=O) groups excluding carboxylic acids is 3. The standard InChI is InChI=1S/C22H21N3O5/c1-14-9-11-16(12-10-14)23-20(26)19-17(21(27)29-2)18(22(28)30-3)24-25(19)13-15-7-5-4-6-8-15/h4-12H,13H2,1-3H3,(H,23,26). The third-order valence-corrected chi connectivity index (χ3v) is 4.42. The number of benzene rings is 2. The molecule has 3 aromatic rings. The number of nitrogens with one attached hydrogen (secondary N) is 1. The second kappa shape index (κ2) is 9.04. The van der Waals surface area contributed by atoms with Crippen LogP contribution in [0.4, 0.5) is 5.69 Å². The first-order valence-electron chi connectivity index (χ1n) is 9.14. The van der Waals surface area contributed by atoms with Gasteiger partial charge in [0.2, 0.25) is 0 Å². The maximum absolute atomic E-state index is 13.1. The van der Waals surface area contributed by atoms with Crippen LogP contribution in [0.25, 0.3) is 0 Å². The number of aromatic nitrogens is 2. The molecule has 154 valence electrons. The van der Waals surface area contributed by atoms with E-state index in [0.29, 0.717) is 5.69 Å². The van der Waals surface area contributed by atoms with Crippen molar-refractivity contribution in [3.8, 4) is 0 Å². The Hall–Kier alpha value is -3.94. The van der Waals surface area contributed by atoms with E-state index in [2.05, 4.69) is 10.4 Å². The van der Waals surface area contributed by atoms with Gasteiger partial charge in [-0.2, -0.15) is 5.10 Å². The van der Waals surface area contributed by atoms with Gasteiger partial charge in [0, 0.05) is 5.69 Å². The fourth-order valence-electron chi connectivity index (χ4n) is 2.93. The van der Waals surface area contributed by atoms with Crippen LogP contribution in [0.2, 0.25) is 0 Å². The fourth-order valence-corrected chi connectivity index (χ4v) is 2.93. The zero-order valence-electron chi connectivity index (χ0n) is 16.8. The summed E-state index contributed by atoms with van der Waals surface area (Å²) in [5.74, 6) is -2.30. The molecule has 0 aliphatic heterocycles. The number of hydrogen-bond donors (Lipinski definition) is 1. The molecule has 1 N–H and O–H groups in total. The second-order valence-corrected chi connectivity index (χ2v) is 6.52. The van der Waals surface area contributed by atoms with E-state index < -0.39 is 17.8 Å². The fraction of sp³-hybridized carbons (Fsp3) is 0.182. The van der Waals surface area contributed by atoms with E-state index in [4.69, 9.17) is 9.47 Å². The Kier molecular flexibility index (Phi) is 6.26. The Morgan fingerprint density at radius 1 is 0.933 bits per heavy atom. The Bertz CT molecular complexity index is 1070. The topological polar surface area (TPSA) is 99.5 Å². The molecule has 0 saturated carbocycles. The molecule has 0 aliphatic carbocycles. The van der Waals surface area contributed by atoms with Gasteiger partial charge in [0.05, 0.1) is 20.8 Å². The van der Waals surface area contributed by atoms with E-state index in [1.54, 1.807) is 12.1 Å². The molecule has 1 amide bonds. The summed E-state index contributed by atoms with van der Waals surface area (Å²) in [6.07, 6.45) is 0. The number of anilines is 1. The number of aryl methyl sites for hydroxylation is 1. The lowest BCUT2D eigenvalue weighted by atomic mass is 10.1. The molecule has 8 nitrogen and oxygen atoms in total. The summed E-state index contributed by atoms with van der Waals surface area (Å²) in [6, 6.07) is 16.4. The highest BCUT2D eigenvalue weighted by Crippen LogP contribution is 2.21. The van der Waals surface area contributed by atoms with Gasteiger partial charge in [-0.25, -0.2) is 9.59 Å². The first kappa shape index (κ1) is 20.8. The largest absolute Gasteiger partial charge is 0.465 e. The number of methoxy groups -OCH3 is 2. The van der Waals surface area contributed by atoms with E-state index in [-0.39, 0.29) is 23.5 Å². The molecule has 2 aromatic carbocycles. The molecule has 0 saturated heterocycles. The Morgan fingerprint density at radius 3 is 2.17 bits per heavy atom. The van der Waals surface area contributed by atoms with Crippen LogP contribution in [0.3, 0.4) is 0 Å². The van der Waals surface area contributed by atoms with Crippen molar-refractivity contribution in [1.29, 1.82) is 0 Å². The molecule has 0 atom stereocenters. The van der Waals surface area contributed by atoms with Crippen LogP contribution in [0.5, 0.6) is 0 Å². The summed E-state index contributed by atoms with van der Waals surface area (Å²) in [5, 5.41) is 6.94. The molecular formula is C22H21N3O5. The zero-order valence-corrected chi connectivity index (χ0v) is 16.8. The van der Waals surface area contributed by atoms with Gasteiger partial charge in [0.1, 0.15) is 11.3 Å². The molecule has 1 heterocycles. The highest BCUT2D eigenvalue weighted by molar-refractivity contribution is 6.13. The van der Waals surface area contributed by atoms with Crippen molar-refractivity contribution in [2.75, 3.05) is 19.5 Å². The quantitative estimate of drug-likeness (QED) is 0.631. The van der Waals surface area contributed by atoms with Crippen LogP contribution in [0.1, 0.15) is 42.5 Å². The number of ether oxygens (including phenoxy) is 2. The van der Waals surface area contributed by atoms with E-state index in [9.17, 15) is 14.4 Å². The molecule has 0 radical (unpaired) electrons. The van der Waals surface area contributed by atoms with Gasteiger partial charge in [-0.15, -0.1) is 0 Å². The molecule has 0 aliphatic rings. The van der Waals surface area contributed by atoms with Crippen LogP contribution < -0.4 is 5.32 Å². The van der Waals surface area contributed by atoms with E-state index in [1.165, 1.54) is 18.9 Å². The summed E-state index contributed by atoms with van der Waals surface area (Å²) in [7, 11) is 2.34. The van der Waals surface area contributed by atoms with Crippen molar-refractivity contribution in [1.82, 2.24) is 9.78 Å². The van der Waals surface area contributed by atoms with Gasteiger partial charge >= 0.3 is 11.9 Å². The van der Waals surface area contributed by atoms with Gasteiger partial charge in [-0.3, -0.25) is 9.48 Å². The highest BCUT2D eigenvalue weighted by atomic mass is 16.5. The minimum absolute atomic E-state index is 0.0910. The first-order valence-corrected chi connectivity index (χ1v) is 9.14. The summed E-state index contributed by atoms with van der Waals surface area (Å²) < 4.78 is 10.9. The second-order valence-electron chi connectivity index (χ2n) is 6.52. The van der Waals surface area contributed by atoms with Crippen LogP contribution in [-0.2, 0) is 16.0 Å². The molecule has 8 heteroatoms. The zero-order chi connectivity index (χ0) is 21.7. The van der Waals surface area contributed by atoms with Gasteiger partial charge in [-0.05, 0) is 24.6 Å². The Labute approximate surface area is 173 Å². The molecule has 1 aromatic heterocycles. The summed E-state index contributed by atoms with van der Waals surface area (Å²) in [4.78, 5) is 37.9. The molecule has 0 fully saturated rings. The number of esters is 2. The first-order chi connectivity index (χ1) is 14.4. The Morgan fingerprint density at radius 2 is 1.57 bits per heavy atom. The average Bonchev–Trinajstić information content (AvgIpc) is 3.14. The molecule has 0 bridgehead atoms. The molecule has 3 rings (SSSR count). The van der Waals surface area contributed by atoms with Crippen molar-refractivity contribution in [3.63, 3.8) is 0 Å². The summed E-state index contributed by atoms with van der Waals surface area (Å²) in [5.41, 5.74) is 1.78. The van der Waals surface area contributed by atoms with Gasteiger partial charge in [0.25, 0.3) is 5.91 Å². The highest BCUT2D eigenvalue weighted by Gasteiger charge is 2.33. The average molecular weight is 407 g/mol. The maximum Gasteiger partial charge on any atom is 0.359 e. The van der Waals surface area contributed by atoms with Crippen molar-refractivity contribution in [2.24, 2.45) is 0 Å². The van der Waals surface area contributed by atoms with Crippen LogP contribution in [0, 0.1) is 6.92 Å². The SMILES string of the molecule is COC(=O)c1nn(Cc2ccccc2)c(C(=O)Nc2ccc(C)cc2)c1C(=O)OC. The number of amides is 1. The van der Waals surface area contributed by atoms with Crippen LogP contribution in [-0.4, -0.2) is 41.8 Å². The van der Waals surface area contributed by atoms with Gasteiger partial charge < -0.3 is 14.8 Å². The van der Waals surface area contributed by atoms with Crippen LogP contribution >= 0.6 is 0 Å². The normalized spacial score (nSPS) is 10.4. The van der Waals surface area contributed by atoms with Crippen LogP contribution in [0.15, 0.2) is 54.6 Å². The van der Waals surface area contributed by atoms with Gasteiger partial charge in [-0.1, -0.05) is 48.0 Å². The number of rotatable bonds is 6. The predicted octanol–water partition coefficient (Wildman–Crippen LogP) is 3.07. The van der Waals surface area contributed by atoms with Crippen molar-refractivity contribution < 1.29 is 23.9 Å².